The topological polar surface area (TPSA) is 72.2 Å². The van der Waals surface area contributed by atoms with Gasteiger partial charge in [0.2, 0.25) is 0 Å². The molecule has 2 aromatic rings. The molecule has 0 spiro atoms. The fourth-order valence-electron chi connectivity index (χ4n) is 1.51. The molecule has 82 valence electrons. The summed E-state index contributed by atoms with van der Waals surface area (Å²) in [6.45, 7) is 0. The monoisotopic (exact) mass is 238 g/mol. The molecule has 0 saturated heterocycles. The minimum atomic E-state index is -1.34. The van der Waals surface area contributed by atoms with Crippen molar-refractivity contribution < 1.29 is 9.90 Å². The van der Waals surface area contributed by atoms with Crippen molar-refractivity contribution in [1.82, 2.24) is 9.55 Å². The van der Waals surface area contributed by atoms with E-state index in [-0.39, 0.29) is 5.02 Å². The molecule has 2 aromatic heterocycles. The number of halogens is 1. The summed E-state index contributed by atoms with van der Waals surface area (Å²) < 4.78 is 1.17. The van der Waals surface area contributed by atoms with E-state index in [1.165, 1.54) is 17.8 Å². The van der Waals surface area contributed by atoms with Gasteiger partial charge >= 0.3 is 5.97 Å². The van der Waals surface area contributed by atoms with E-state index in [4.69, 9.17) is 16.7 Å². The van der Waals surface area contributed by atoms with Crippen LogP contribution < -0.4 is 5.56 Å². The van der Waals surface area contributed by atoms with Crippen molar-refractivity contribution in [2.45, 2.75) is 0 Å². The fraction of sp³-hybridized carbons (Fsp3) is 0.100. The quantitative estimate of drug-likeness (QED) is 0.813. The maximum absolute atomic E-state index is 11.7. The summed E-state index contributed by atoms with van der Waals surface area (Å²) in [6.07, 6.45) is 1.51. The number of carbonyl (C=O) groups is 1. The highest BCUT2D eigenvalue weighted by molar-refractivity contribution is 6.38. The standard InChI is InChI=1S/C10H7ClN2O3/c1-13-8-5(3-2-4-12-8)7(11)6(9(13)14)10(15)16/h2-4H,1H3,(H,15,16). The molecule has 0 radical (unpaired) electrons. The SMILES string of the molecule is Cn1c(=O)c(C(=O)O)c(Cl)c2cccnc21. The molecule has 0 unspecified atom stereocenters. The Bertz CT molecular complexity index is 648. The zero-order chi connectivity index (χ0) is 11.9. The van der Waals surface area contributed by atoms with Crippen LogP contribution >= 0.6 is 11.6 Å². The molecule has 6 heteroatoms. The number of aromatic nitrogens is 2. The largest absolute Gasteiger partial charge is 0.477 e. The average Bonchev–Trinajstić information content (AvgIpc) is 2.26. The molecule has 0 aromatic carbocycles. The van der Waals surface area contributed by atoms with Gasteiger partial charge < -0.3 is 5.11 Å². The molecule has 0 atom stereocenters. The lowest BCUT2D eigenvalue weighted by Gasteiger charge is -2.07. The molecule has 2 rings (SSSR count). The van der Waals surface area contributed by atoms with Crippen LogP contribution in [0.15, 0.2) is 23.1 Å². The molecule has 2 heterocycles. The van der Waals surface area contributed by atoms with Crippen molar-refractivity contribution in [3.05, 3.63) is 39.3 Å². The molecule has 0 fully saturated rings. The molecule has 16 heavy (non-hydrogen) atoms. The van der Waals surface area contributed by atoms with Gasteiger partial charge in [0.15, 0.2) is 0 Å². The number of fused-ring (bicyclic) bond motifs is 1. The highest BCUT2D eigenvalue weighted by Gasteiger charge is 2.19. The highest BCUT2D eigenvalue weighted by Crippen LogP contribution is 2.22. The number of pyridine rings is 2. The minimum Gasteiger partial charge on any atom is -0.477 e. The van der Waals surface area contributed by atoms with E-state index in [1.807, 2.05) is 0 Å². The molecule has 5 nitrogen and oxygen atoms in total. The number of aryl methyl sites for hydroxylation is 1. The molecular weight excluding hydrogens is 232 g/mol. The van der Waals surface area contributed by atoms with Crippen LogP contribution in [-0.4, -0.2) is 20.6 Å². The van der Waals surface area contributed by atoms with Crippen LogP contribution in [0.3, 0.4) is 0 Å². The summed E-state index contributed by atoms with van der Waals surface area (Å²) in [5.74, 6) is -1.34. The zero-order valence-corrected chi connectivity index (χ0v) is 9.02. The van der Waals surface area contributed by atoms with Crippen LogP contribution in [0.25, 0.3) is 11.0 Å². The molecule has 0 aliphatic heterocycles. The maximum atomic E-state index is 11.7. The third-order valence-electron chi connectivity index (χ3n) is 2.29. The van der Waals surface area contributed by atoms with Crippen LogP contribution in [0.5, 0.6) is 0 Å². The second-order valence-electron chi connectivity index (χ2n) is 3.23. The molecule has 0 amide bonds. The third-order valence-corrected chi connectivity index (χ3v) is 2.69. The van der Waals surface area contributed by atoms with Crippen molar-refractivity contribution in [2.75, 3.05) is 0 Å². The van der Waals surface area contributed by atoms with Crippen molar-refractivity contribution in [2.24, 2.45) is 7.05 Å². The van der Waals surface area contributed by atoms with Gasteiger partial charge in [-0.1, -0.05) is 11.6 Å². The number of nitrogens with zero attached hydrogens (tertiary/aromatic N) is 2. The zero-order valence-electron chi connectivity index (χ0n) is 8.27. The Hall–Kier alpha value is -1.88. The lowest BCUT2D eigenvalue weighted by atomic mass is 10.2. The van der Waals surface area contributed by atoms with Crippen molar-refractivity contribution in [1.29, 1.82) is 0 Å². The summed E-state index contributed by atoms with van der Waals surface area (Å²) in [4.78, 5) is 26.6. The van der Waals surface area contributed by atoms with Crippen LogP contribution in [0, 0.1) is 0 Å². The Morgan fingerprint density at radius 3 is 2.88 bits per heavy atom. The van der Waals surface area contributed by atoms with Gasteiger partial charge in [0, 0.05) is 18.6 Å². The highest BCUT2D eigenvalue weighted by atomic mass is 35.5. The number of aromatic carboxylic acids is 1. The Morgan fingerprint density at radius 1 is 1.56 bits per heavy atom. The van der Waals surface area contributed by atoms with E-state index in [0.717, 1.165) is 0 Å². The van der Waals surface area contributed by atoms with E-state index < -0.39 is 17.1 Å². The summed E-state index contributed by atoms with van der Waals surface area (Å²) in [7, 11) is 1.46. The molecule has 0 saturated carbocycles. The maximum Gasteiger partial charge on any atom is 0.342 e. The van der Waals surface area contributed by atoms with Crippen molar-refractivity contribution in [3.63, 3.8) is 0 Å². The number of hydrogen-bond acceptors (Lipinski definition) is 3. The summed E-state index contributed by atoms with van der Waals surface area (Å²) >= 11 is 5.88. The van der Waals surface area contributed by atoms with Gasteiger partial charge in [0.05, 0.1) is 5.02 Å². The number of hydrogen-bond donors (Lipinski definition) is 1. The number of rotatable bonds is 1. The molecule has 0 aliphatic carbocycles. The number of carboxylic acids is 1. The first-order valence-electron chi connectivity index (χ1n) is 4.40. The lowest BCUT2D eigenvalue weighted by Crippen LogP contribution is -2.25. The number of carboxylic acid groups (broad SMARTS) is 1. The minimum absolute atomic E-state index is 0.0706. The second-order valence-corrected chi connectivity index (χ2v) is 3.61. The van der Waals surface area contributed by atoms with Crippen molar-refractivity contribution in [3.8, 4) is 0 Å². The van der Waals surface area contributed by atoms with Gasteiger partial charge in [0.1, 0.15) is 11.2 Å². The van der Waals surface area contributed by atoms with Gasteiger partial charge in [-0.2, -0.15) is 0 Å². The predicted molar refractivity (Wildman–Crippen MR) is 59.0 cm³/mol. The molecular formula is C10H7ClN2O3. The van der Waals surface area contributed by atoms with E-state index in [1.54, 1.807) is 12.1 Å². The lowest BCUT2D eigenvalue weighted by molar-refractivity contribution is 0.0695. The summed E-state index contributed by atoms with van der Waals surface area (Å²) in [5, 5.41) is 9.29. The van der Waals surface area contributed by atoms with Gasteiger partial charge in [-0.25, -0.2) is 9.78 Å². The van der Waals surface area contributed by atoms with Crippen LogP contribution in [0.4, 0.5) is 0 Å². The summed E-state index contributed by atoms with van der Waals surface area (Å²) in [6, 6.07) is 3.25. The first-order chi connectivity index (χ1) is 7.54. The smallest absolute Gasteiger partial charge is 0.342 e. The first-order valence-corrected chi connectivity index (χ1v) is 4.78. The Kier molecular flexibility index (Phi) is 2.40. The molecule has 0 aliphatic rings. The van der Waals surface area contributed by atoms with Gasteiger partial charge in [-0.3, -0.25) is 9.36 Å². The molecule has 1 N–H and O–H groups in total. The Morgan fingerprint density at radius 2 is 2.25 bits per heavy atom. The van der Waals surface area contributed by atoms with Gasteiger partial charge in [0.25, 0.3) is 5.56 Å². The molecule has 0 bridgehead atoms. The van der Waals surface area contributed by atoms with Crippen LogP contribution in [0.2, 0.25) is 5.02 Å². The average molecular weight is 239 g/mol. The van der Waals surface area contributed by atoms with E-state index in [9.17, 15) is 9.59 Å². The van der Waals surface area contributed by atoms with E-state index in [2.05, 4.69) is 4.98 Å². The third kappa shape index (κ3) is 1.37. The van der Waals surface area contributed by atoms with Gasteiger partial charge in [-0.15, -0.1) is 0 Å². The first kappa shape index (κ1) is 10.6. The van der Waals surface area contributed by atoms with Gasteiger partial charge in [-0.05, 0) is 12.1 Å². The Labute approximate surface area is 94.9 Å². The second kappa shape index (κ2) is 3.61. The van der Waals surface area contributed by atoms with E-state index in [0.29, 0.717) is 11.0 Å². The van der Waals surface area contributed by atoms with E-state index >= 15 is 0 Å². The van der Waals surface area contributed by atoms with Crippen LogP contribution in [0.1, 0.15) is 10.4 Å². The normalized spacial score (nSPS) is 10.6. The predicted octanol–water partition coefficient (Wildman–Crippen LogP) is 1.29. The fourth-order valence-corrected chi connectivity index (χ4v) is 1.82. The van der Waals surface area contributed by atoms with Crippen molar-refractivity contribution >= 4 is 28.6 Å². The van der Waals surface area contributed by atoms with Crippen LogP contribution in [-0.2, 0) is 7.05 Å². The Balaban J connectivity index is 3.07. The summed E-state index contributed by atoms with van der Waals surface area (Å²) in [5.41, 5.74) is -0.726.